The molecule has 4 heteroatoms. The molecule has 0 radical (unpaired) electrons. The van der Waals surface area contributed by atoms with Gasteiger partial charge in [0.05, 0.1) is 5.60 Å². The average molecular weight is 260 g/mol. The summed E-state index contributed by atoms with van der Waals surface area (Å²) in [5.41, 5.74) is 1.35. The normalized spacial score (nSPS) is 11.7. The van der Waals surface area contributed by atoms with E-state index in [0.29, 0.717) is 18.7 Å². The van der Waals surface area contributed by atoms with Crippen molar-refractivity contribution in [3.05, 3.63) is 36.0 Å². The fourth-order valence-electron chi connectivity index (χ4n) is 2.03. The van der Waals surface area contributed by atoms with Gasteiger partial charge < -0.3 is 15.0 Å². The highest BCUT2D eigenvalue weighted by Gasteiger charge is 2.19. The van der Waals surface area contributed by atoms with Gasteiger partial charge in [-0.1, -0.05) is 0 Å². The van der Waals surface area contributed by atoms with E-state index in [2.05, 4.69) is 10.3 Å². The summed E-state index contributed by atoms with van der Waals surface area (Å²) in [6.07, 6.45) is 1.87. The molecule has 0 aliphatic rings. The largest absolute Gasteiger partial charge is 0.374 e. The van der Waals surface area contributed by atoms with Crippen LogP contribution in [-0.4, -0.2) is 29.6 Å². The molecular formula is C15H20N2O2. The van der Waals surface area contributed by atoms with Gasteiger partial charge in [0, 0.05) is 35.8 Å². The summed E-state index contributed by atoms with van der Waals surface area (Å²) in [5, 5.41) is 3.95. The van der Waals surface area contributed by atoms with Crippen LogP contribution >= 0.6 is 0 Å². The highest BCUT2D eigenvalue weighted by atomic mass is 16.5. The van der Waals surface area contributed by atoms with E-state index in [-0.39, 0.29) is 11.5 Å². The Balaban J connectivity index is 2.03. The highest BCUT2D eigenvalue weighted by Crippen LogP contribution is 2.14. The average Bonchev–Trinajstić information content (AvgIpc) is 2.83. The van der Waals surface area contributed by atoms with Crippen LogP contribution in [0.2, 0.25) is 0 Å². The predicted octanol–water partition coefficient (Wildman–Crippen LogP) is 2.71. The first-order valence-corrected chi connectivity index (χ1v) is 6.51. The van der Waals surface area contributed by atoms with Crippen LogP contribution in [-0.2, 0) is 4.74 Å². The number of H-pyrrole nitrogens is 1. The first-order chi connectivity index (χ1) is 9.02. The van der Waals surface area contributed by atoms with E-state index < -0.39 is 0 Å². The number of hydrogen-bond acceptors (Lipinski definition) is 2. The molecule has 102 valence electrons. The van der Waals surface area contributed by atoms with Crippen molar-refractivity contribution in [3.8, 4) is 0 Å². The van der Waals surface area contributed by atoms with Crippen LogP contribution < -0.4 is 5.32 Å². The lowest BCUT2D eigenvalue weighted by molar-refractivity contribution is -0.00815. The predicted molar refractivity (Wildman–Crippen MR) is 76.3 cm³/mol. The molecule has 4 nitrogen and oxygen atoms in total. The standard InChI is InChI=1S/C15H20N2O2/c1-4-19-15(2,3)10-17-14(18)12-5-6-13-11(9-12)7-8-16-13/h5-9,16H,4,10H2,1-3H3,(H,17,18). The monoisotopic (exact) mass is 260 g/mol. The molecule has 2 rings (SSSR count). The second-order valence-corrected chi connectivity index (χ2v) is 5.16. The Morgan fingerprint density at radius 2 is 2.16 bits per heavy atom. The summed E-state index contributed by atoms with van der Waals surface area (Å²) in [5.74, 6) is -0.0733. The Morgan fingerprint density at radius 1 is 1.37 bits per heavy atom. The van der Waals surface area contributed by atoms with Crippen LogP contribution in [0, 0.1) is 0 Å². The maximum absolute atomic E-state index is 12.1. The molecule has 1 aromatic carbocycles. The minimum atomic E-state index is -0.345. The number of amides is 1. The molecule has 19 heavy (non-hydrogen) atoms. The van der Waals surface area contributed by atoms with Gasteiger partial charge in [0.1, 0.15) is 0 Å². The van der Waals surface area contributed by atoms with Crippen molar-refractivity contribution >= 4 is 16.8 Å². The lowest BCUT2D eigenvalue weighted by atomic mass is 10.1. The SMILES string of the molecule is CCOC(C)(C)CNC(=O)c1ccc2[nH]ccc2c1. The number of fused-ring (bicyclic) bond motifs is 1. The third-order valence-electron chi connectivity index (χ3n) is 3.03. The van der Waals surface area contributed by atoms with Crippen molar-refractivity contribution < 1.29 is 9.53 Å². The van der Waals surface area contributed by atoms with Crippen LogP contribution in [0.5, 0.6) is 0 Å². The molecule has 0 spiro atoms. The van der Waals surface area contributed by atoms with E-state index in [4.69, 9.17) is 4.74 Å². The van der Waals surface area contributed by atoms with Gasteiger partial charge >= 0.3 is 0 Å². The number of hydrogen-bond donors (Lipinski definition) is 2. The van der Waals surface area contributed by atoms with Gasteiger partial charge in [-0.15, -0.1) is 0 Å². The van der Waals surface area contributed by atoms with Crippen molar-refractivity contribution in [1.29, 1.82) is 0 Å². The number of carbonyl (C=O) groups excluding carboxylic acids is 1. The summed E-state index contributed by atoms with van der Waals surface area (Å²) < 4.78 is 5.55. The molecule has 1 amide bonds. The zero-order valence-electron chi connectivity index (χ0n) is 11.6. The molecule has 1 heterocycles. The van der Waals surface area contributed by atoms with E-state index in [1.807, 2.05) is 51.2 Å². The number of carbonyl (C=O) groups is 1. The van der Waals surface area contributed by atoms with Crippen molar-refractivity contribution in [1.82, 2.24) is 10.3 Å². The Kier molecular flexibility index (Phi) is 3.90. The van der Waals surface area contributed by atoms with Gasteiger partial charge in [0.2, 0.25) is 0 Å². The molecule has 0 fully saturated rings. The smallest absolute Gasteiger partial charge is 0.251 e. The van der Waals surface area contributed by atoms with E-state index in [9.17, 15) is 4.79 Å². The zero-order valence-corrected chi connectivity index (χ0v) is 11.6. The Morgan fingerprint density at radius 3 is 2.89 bits per heavy atom. The van der Waals surface area contributed by atoms with E-state index in [0.717, 1.165) is 10.9 Å². The highest BCUT2D eigenvalue weighted by molar-refractivity contribution is 5.98. The molecule has 0 aliphatic carbocycles. The maximum Gasteiger partial charge on any atom is 0.251 e. The van der Waals surface area contributed by atoms with Crippen molar-refractivity contribution in [2.75, 3.05) is 13.2 Å². The molecule has 0 aliphatic heterocycles. The Hall–Kier alpha value is -1.81. The first-order valence-electron chi connectivity index (χ1n) is 6.51. The van der Waals surface area contributed by atoms with E-state index >= 15 is 0 Å². The van der Waals surface area contributed by atoms with Crippen LogP contribution in [0.15, 0.2) is 30.5 Å². The van der Waals surface area contributed by atoms with Gasteiger partial charge in [0.25, 0.3) is 5.91 Å². The van der Waals surface area contributed by atoms with Gasteiger partial charge in [-0.3, -0.25) is 4.79 Å². The lowest BCUT2D eigenvalue weighted by Gasteiger charge is -2.24. The van der Waals surface area contributed by atoms with Gasteiger partial charge in [-0.05, 0) is 45.0 Å². The molecule has 0 saturated heterocycles. The topological polar surface area (TPSA) is 54.1 Å². The summed E-state index contributed by atoms with van der Waals surface area (Å²) in [4.78, 5) is 15.2. The van der Waals surface area contributed by atoms with Crippen LogP contribution in [0.25, 0.3) is 10.9 Å². The molecule has 2 aromatic rings. The third kappa shape index (κ3) is 3.35. The van der Waals surface area contributed by atoms with Gasteiger partial charge in [-0.2, -0.15) is 0 Å². The maximum atomic E-state index is 12.1. The molecule has 2 N–H and O–H groups in total. The number of nitrogens with one attached hydrogen (secondary N) is 2. The summed E-state index contributed by atoms with van der Waals surface area (Å²) in [7, 11) is 0. The van der Waals surface area contributed by atoms with Crippen LogP contribution in [0.1, 0.15) is 31.1 Å². The first kappa shape index (κ1) is 13.6. The number of ether oxygens (including phenoxy) is 1. The summed E-state index contributed by atoms with van der Waals surface area (Å²) >= 11 is 0. The van der Waals surface area contributed by atoms with Gasteiger partial charge in [0.15, 0.2) is 0 Å². The van der Waals surface area contributed by atoms with Gasteiger partial charge in [-0.25, -0.2) is 0 Å². The van der Waals surface area contributed by atoms with Crippen LogP contribution in [0.4, 0.5) is 0 Å². The van der Waals surface area contributed by atoms with Crippen molar-refractivity contribution in [2.45, 2.75) is 26.4 Å². The fourth-order valence-corrected chi connectivity index (χ4v) is 2.03. The number of aromatic amines is 1. The third-order valence-corrected chi connectivity index (χ3v) is 3.03. The van der Waals surface area contributed by atoms with E-state index in [1.165, 1.54) is 0 Å². The molecule has 1 aromatic heterocycles. The van der Waals surface area contributed by atoms with E-state index in [1.54, 1.807) is 0 Å². The van der Waals surface area contributed by atoms with Crippen molar-refractivity contribution in [2.24, 2.45) is 0 Å². The molecular weight excluding hydrogens is 240 g/mol. The molecule has 0 bridgehead atoms. The lowest BCUT2D eigenvalue weighted by Crippen LogP contribution is -2.40. The Bertz CT molecular complexity index is 572. The minimum absolute atomic E-state index is 0.0733. The summed E-state index contributed by atoms with van der Waals surface area (Å²) in [6.45, 7) is 7.00. The van der Waals surface area contributed by atoms with Crippen molar-refractivity contribution in [3.63, 3.8) is 0 Å². The molecule has 0 unspecified atom stereocenters. The summed E-state index contributed by atoms with van der Waals surface area (Å²) in [6, 6.07) is 7.57. The number of benzene rings is 1. The fraction of sp³-hybridized carbons (Fsp3) is 0.400. The molecule has 0 atom stereocenters. The quantitative estimate of drug-likeness (QED) is 0.868. The molecule has 0 saturated carbocycles. The number of rotatable bonds is 5. The zero-order chi connectivity index (χ0) is 13.9. The Labute approximate surface area is 113 Å². The second-order valence-electron chi connectivity index (χ2n) is 5.16. The second kappa shape index (κ2) is 5.45. The minimum Gasteiger partial charge on any atom is -0.374 e. The van der Waals surface area contributed by atoms with Crippen LogP contribution in [0.3, 0.4) is 0 Å². The number of aromatic nitrogens is 1.